The van der Waals surface area contributed by atoms with Gasteiger partial charge in [0.05, 0.1) is 13.1 Å². The van der Waals surface area contributed by atoms with Crippen molar-refractivity contribution in [3.05, 3.63) is 72.6 Å². The van der Waals surface area contributed by atoms with Crippen LogP contribution in [0, 0.1) is 0 Å². The lowest BCUT2D eigenvalue weighted by molar-refractivity contribution is 0.0436. The minimum Gasteiger partial charge on any atom is -0.486 e. The van der Waals surface area contributed by atoms with Crippen molar-refractivity contribution in [1.29, 1.82) is 0 Å². The molecule has 1 aliphatic heterocycles. The van der Waals surface area contributed by atoms with Gasteiger partial charge in [-0.15, -0.1) is 0 Å². The number of hydrogen-bond donors (Lipinski definition) is 0. The summed E-state index contributed by atoms with van der Waals surface area (Å²) in [7, 11) is 1.91. The second-order valence-corrected chi connectivity index (χ2v) is 6.37. The highest BCUT2D eigenvalue weighted by Crippen LogP contribution is 2.31. The summed E-state index contributed by atoms with van der Waals surface area (Å²) in [5.41, 5.74) is 0.580. The number of rotatable bonds is 5. The van der Waals surface area contributed by atoms with Gasteiger partial charge in [0, 0.05) is 37.4 Å². The highest BCUT2D eigenvalue weighted by molar-refractivity contribution is 5.94. The van der Waals surface area contributed by atoms with Gasteiger partial charge in [0.2, 0.25) is 0 Å². The number of fused-ring (bicyclic) bond motifs is 1. The molecule has 7 nitrogen and oxygen atoms in total. The molecular formula is C20H20N4O3. The first-order chi connectivity index (χ1) is 13.2. The lowest BCUT2D eigenvalue weighted by Crippen LogP contribution is -2.43. The Morgan fingerprint density at radius 2 is 1.96 bits per heavy atom. The molecular weight excluding hydrogens is 344 g/mol. The van der Waals surface area contributed by atoms with Gasteiger partial charge in [0.15, 0.2) is 17.6 Å². The van der Waals surface area contributed by atoms with Crippen molar-refractivity contribution in [1.82, 2.24) is 19.4 Å². The molecule has 1 aromatic carbocycles. The zero-order chi connectivity index (χ0) is 18.6. The number of pyridine rings is 1. The van der Waals surface area contributed by atoms with Crippen LogP contribution in [-0.4, -0.2) is 44.6 Å². The number of para-hydroxylation sites is 2. The molecule has 4 rings (SSSR count). The van der Waals surface area contributed by atoms with Crippen molar-refractivity contribution in [2.24, 2.45) is 7.05 Å². The molecule has 0 radical (unpaired) electrons. The molecule has 0 N–H and O–H groups in total. The van der Waals surface area contributed by atoms with Crippen LogP contribution in [0.15, 0.2) is 61.2 Å². The number of ether oxygens (including phenoxy) is 2. The van der Waals surface area contributed by atoms with Crippen molar-refractivity contribution >= 4 is 5.91 Å². The first-order valence-electron chi connectivity index (χ1n) is 8.74. The SMILES string of the molecule is Cn1ccnc1CN(C[C@@H]1COc2ccccc2O1)C(=O)c1ccncc1. The van der Waals surface area contributed by atoms with Gasteiger partial charge in [0.25, 0.3) is 5.91 Å². The molecule has 27 heavy (non-hydrogen) atoms. The summed E-state index contributed by atoms with van der Waals surface area (Å²) in [5.74, 6) is 2.13. The third-order valence-electron chi connectivity index (χ3n) is 4.46. The molecule has 2 aromatic heterocycles. The fraction of sp³-hybridized carbons (Fsp3) is 0.250. The summed E-state index contributed by atoms with van der Waals surface area (Å²) >= 11 is 0. The van der Waals surface area contributed by atoms with Crippen LogP contribution in [0.5, 0.6) is 11.5 Å². The summed E-state index contributed by atoms with van der Waals surface area (Å²) in [4.78, 5) is 23.1. The van der Waals surface area contributed by atoms with Crippen LogP contribution < -0.4 is 9.47 Å². The van der Waals surface area contributed by atoms with E-state index in [1.54, 1.807) is 35.6 Å². The van der Waals surface area contributed by atoms with Gasteiger partial charge in [-0.1, -0.05) is 12.1 Å². The first kappa shape index (κ1) is 17.1. The highest BCUT2D eigenvalue weighted by Gasteiger charge is 2.27. The Morgan fingerprint density at radius 1 is 1.19 bits per heavy atom. The Bertz CT molecular complexity index is 926. The van der Waals surface area contributed by atoms with Crippen molar-refractivity contribution in [3.8, 4) is 11.5 Å². The van der Waals surface area contributed by atoms with E-state index in [4.69, 9.17) is 9.47 Å². The molecule has 0 saturated heterocycles. The molecule has 0 saturated carbocycles. The van der Waals surface area contributed by atoms with E-state index in [2.05, 4.69) is 9.97 Å². The molecule has 0 fully saturated rings. The minimum absolute atomic E-state index is 0.0946. The first-order valence-corrected chi connectivity index (χ1v) is 8.74. The molecule has 138 valence electrons. The summed E-state index contributed by atoms with van der Waals surface area (Å²) in [6, 6.07) is 11.0. The molecule has 0 bridgehead atoms. The zero-order valence-electron chi connectivity index (χ0n) is 15.0. The standard InChI is InChI=1S/C20H20N4O3/c1-23-11-10-22-19(23)13-24(20(25)15-6-8-21-9-7-15)12-16-14-26-17-4-2-3-5-18(17)27-16/h2-11,16H,12-14H2,1H3/t16-/m1/s1. The average molecular weight is 364 g/mol. The minimum atomic E-state index is -0.258. The summed E-state index contributed by atoms with van der Waals surface area (Å²) in [6.45, 7) is 1.16. The van der Waals surface area contributed by atoms with Gasteiger partial charge in [0.1, 0.15) is 12.4 Å². The highest BCUT2D eigenvalue weighted by atomic mass is 16.6. The van der Waals surface area contributed by atoms with Crippen molar-refractivity contribution in [2.75, 3.05) is 13.2 Å². The molecule has 1 amide bonds. The lowest BCUT2D eigenvalue weighted by atomic mass is 10.2. The van der Waals surface area contributed by atoms with E-state index >= 15 is 0 Å². The van der Waals surface area contributed by atoms with E-state index in [1.807, 2.05) is 42.1 Å². The number of carbonyl (C=O) groups is 1. The van der Waals surface area contributed by atoms with Crippen LogP contribution in [0.2, 0.25) is 0 Å². The second kappa shape index (κ2) is 7.49. The Labute approximate surface area is 157 Å². The Kier molecular flexibility index (Phi) is 4.74. The van der Waals surface area contributed by atoms with E-state index in [-0.39, 0.29) is 12.0 Å². The lowest BCUT2D eigenvalue weighted by Gasteiger charge is -2.31. The number of benzene rings is 1. The predicted octanol–water partition coefficient (Wildman–Crippen LogP) is 2.30. The van der Waals surface area contributed by atoms with E-state index in [1.165, 1.54) is 0 Å². The summed E-state index contributed by atoms with van der Waals surface area (Å²) < 4.78 is 13.7. The van der Waals surface area contributed by atoms with Crippen LogP contribution in [0.3, 0.4) is 0 Å². The number of aryl methyl sites for hydroxylation is 1. The van der Waals surface area contributed by atoms with Crippen LogP contribution in [0.4, 0.5) is 0 Å². The smallest absolute Gasteiger partial charge is 0.254 e. The molecule has 3 heterocycles. The number of nitrogens with zero attached hydrogens (tertiary/aromatic N) is 4. The maximum absolute atomic E-state index is 13.1. The van der Waals surface area contributed by atoms with Gasteiger partial charge in [-0.2, -0.15) is 0 Å². The zero-order valence-corrected chi connectivity index (χ0v) is 15.0. The monoisotopic (exact) mass is 364 g/mol. The van der Waals surface area contributed by atoms with Gasteiger partial charge in [-0.05, 0) is 24.3 Å². The largest absolute Gasteiger partial charge is 0.486 e. The number of aromatic nitrogens is 3. The van der Waals surface area contributed by atoms with Crippen LogP contribution in [0.1, 0.15) is 16.2 Å². The fourth-order valence-electron chi connectivity index (χ4n) is 3.01. The van der Waals surface area contributed by atoms with Crippen molar-refractivity contribution < 1.29 is 14.3 Å². The molecule has 0 spiro atoms. The van der Waals surface area contributed by atoms with Gasteiger partial charge in [-0.3, -0.25) is 9.78 Å². The number of carbonyl (C=O) groups excluding carboxylic acids is 1. The average Bonchev–Trinajstić information content (AvgIpc) is 3.12. The summed E-state index contributed by atoms with van der Waals surface area (Å²) in [5, 5.41) is 0. The fourth-order valence-corrected chi connectivity index (χ4v) is 3.01. The molecule has 0 aliphatic carbocycles. The van der Waals surface area contributed by atoms with E-state index in [0.717, 1.165) is 11.6 Å². The maximum Gasteiger partial charge on any atom is 0.254 e. The Morgan fingerprint density at radius 3 is 2.70 bits per heavy atom. The Hall–Kier alpha value is -3.35. The molecule has 1 aliphatic rings. The quantitative estimate of drug-likeness (QED) is 0.695. The normalized spacial score (nSPS) is 15.4. The van der Waals surface area contributed by atoms with Crippen LogP contribution >= 0.6 is 0 Å². The van der Waals surface area contributed by atoms with Crippen LogP contribution in [0.25, 0.3) is 0 Å². The number of hydrogen-bond acceptors (Lipinski definition) is 5. The maximum atomic E-state index is 13.1. The predicted molar refractivity (Wildman–Crippen MR) is 98.5 cm³/mol. The number of imidazole rings is 1. The summed E-state index contributed by atoms with van der Waals surface area (Å²) in [6.07, 6.45) is 6.55. The topological polar surface area (TPSA) is 69.5 Å². The van der Waals surface area contributed by atoms with Crippen molar-refractivity contribution in [3.63, 3.8) is 0 Å². The van der Waals surface area contributed by atoms with Crippen molar-refractivity contribution in [2.45, 2.75) is 12.6 Å². The third kappa shape index (κ3) is 3.76. The molecule has 1 atom stereocenters. The molecule has 0 unspecified atom stereocenters. The van der Waals surface area contributed by atoms with E-state index < -0.39 is 0 Å². The molecule has 7 heteroatoms. The second-order valence-electron chi connectivity index (χ2n) is 6.37. The van der Waals surface area contributed by atoms with E-state index in [0.29, 0.717) is 31.0 Å². The number of amides is 1. The van der Waals surface area contributed by atoms with Gasteiger partial charge < -0.3 is 18.9 Å². The van der Waals surface area contributed by atoms with Gasteiger partial charge in [-0.25, -0.2) is 4.98 Å². The van der Waals surface area contributed by atoms with E-state index in [9.17, 15) is 4.79 Å². The van der Waals surface area contributed by atoms with Crippen LogP contribution in [-0.2, 0) is 13.6 Å². The van der Waals surface area contributed by atoms with Gasteiger partial charge >= 0.3 is 0 Å². The Balaban J connectivity index is 1.55. The third-order valence-corrected chi connectivity index (χ3v) is 4.46. The molecule has 3 aromatic rings.